The summed E-state index contributed by atoms with van der Waals surface area (Å²) in [5, 5.41) is -0.519. The Morgan fingerprint density at radius 3 is 2.69 bits per heavy atom. The normalized spacial score (nSPS) is 16.1. The predicted octanol–water partition coefficient (Wildman–Crippen LogP) is 1.52. The Labute approximate surface area is 96.1 Å². The van der Waals surface area contributed by atoms with Crippen LogP contribution in [-0.2, 0) is 6.54 Å². The van der Waals surface area contributed by atoms with Crippen LogP contribution in [0.3, 0.4) is 0 Å². The molecule has 0 atom stereocenters. The van der Waals surface area contributed by atoms with E-state index in [-0.39, 0.29) is 6.54 Å². The largest absolute Gasteiger partial charge is 0.329 e. The molecule has 0 aliphatic heterocycles. The van der Waals surface area contributed by atoms with Crippen LogP contribution in [0.4, 0.5) is 4.39 Å². The van der Waals surface area contributed by atoms with Crippen molar-refractivity contribution < 1.29 is 4.39 Å². The molecule has 0 amide bonds. The summed E-state index contributed by atoms with van der Waals surface area (Å²) in [6, 6.07) is 0. The van der Waals surface area contributed by atoms with Gasteiger partial charge in [-0.1, -0.05) is 30.9 Å². The highest BCUT2D eigenvalue weighted by atomic mass is 35.5. The van der Waals surface area contributed by atoms with Crippen LogP contribution < -0.4 is 11.2 Å². The molecule has 1 aliphatic rings. The molecule has 0 saturated heterocycles. The molecule has 0 spiro atoms. The Hall–Kier alpha value is -1.10. The van der Waals surface area contributed by atoms with Crippen LogP contribution in [0.1, 0.15) is 25.7 Å². The number of nitrogens with zero attached hydrogens (tertiary/aromatic N) is 1. The first-order valence-corrected chi connectivity index (χ1v) is 5.65. The van der Waals surface area contributed by atoms with E-state index in [0.717, 1.165) is 23.8 Å². The van der Waals surface area contributed by atoms with Crippen molar-refractivity contribution in [2.24, 2.45) is 5.92 Å². The van der Waals surface area contributed by atoms with Crippen LogP contribution in [0.15, 0.2) is 9.59 Å². The molecule has 1 aromatic rings. The molecule has 0 aromatic carbocycles. The number of hydrogen-bond donors (Lipinski definition) is 1. The Morgan fingerprint density at radius 1 is 1.44 bits per heavy atom. The first-order valence-electron chi connectivity index (χ1n) is 5.27. The average Bonchev–Trinajstić information content (AvgIpc) is 2.17. The van der Waals surface area contributed by atoms with Gasteiger partial charge in [0.15, 0.2) is 5.15 Å². The minimum absolute atomic E-state index is 0.257. The van der Waals surface area contributed by atoms with E-state index < -0.39 is 22.2 Å². The van der Waals surface area contributed by atoms with Gasteiger partial charge in [-0.15, -0.1) is 0 Å². The van der Waals surface area contributed by atoms with Crippen molar-refractivity contribution in [2.75, 3.05) is 0 Å². The van der Waals surface area contributed by atoms with Crippen LogP contribution in [0.2, 0.25) is 5.15 Å². The molecule has 1 aliphatic carbocycles. The molecule has 1 saturated carbocycles. The quantitative estimate of drug-likeness (QED) is 0.822. The second-order valence-corrected chi connectivity index (χ2v) is 4.48. The molecular formula is C10H12ClFN2O2. The Bertz CT molecular complexity index is 505. The van der Waals surface area contributed by atoms with E-state index in [1.54, 1.807) is 0 Å². The maximum Gasteiger partial charge on any atom is 0.329 e. The van der Waals surface area contributed by atoms with E-state index in [1.807, 2.05) is 0 Å². The Kier molecular flexibility index (Phi) is 3.14. The zero-order valence-corrected chi connectivity index (χ0v) is 9.39. The number of hydrogen-bond acceptors (Lipinski definition) is 2. The lowest BCUT2D eigenvalue weighted by Crippen LogP contribution is -2.37. The summed E-state index contributed by atoms with van der Waals surface area (Å²) in [6.07, 6.45) is 4.19. The summed E-state index contributed by atoms with van der Waals surface area (Å²) in [6.45, 7) is 0.257. The van der Waals surface area contributed by atoms with Crippen LogP contribution in [0.25, 0.3) is 0 Å². The highest BCUT2D eigenvalue weighted by Gasteiger charge is 2.19. The highest BCUT2D eigenvalue weighted by Crippen LogP contribution is 2.29. The monoisotopic (exact) mass is 246 g/mol. The Morgan fingerprint density at radius 2 is 2.12 bits per heavy atom. The van der Waals surface area contributed by atoms with E-state index in [9.17, 15) is 14.0 Å². The van der Waals surface area contributed by atoms with Gasteiger partial charge in [-0.05, 0) is 12.3 Å². The lowest BCUT2D eigenvalue weighted by Gasteiger charge is -2.25. The second-order valence-electron chi connectivity index (χ2n) is 4.10. The third kappa shape index (κ3) is 2.04. The van der Waals surface area contributed by atoms with Gasteiger partial charge in [-0.2, -0.15) is 4.39 Å². The van der Waals surface area contributed by atoms with Gasteiger partial charge in [-0.25, -0.2) is 4.79 Å². The molecule has 88 valence electrons. The Balaban J connectivity index is 2.22. The van der Waals surface area contributed by atoms with Crippen molar-refractivity contribution in [1.29, 1.82) is 0 Å². The van der Waals surface area contributed by atoms with Crippen molar-refractivity contribution in [3.8, 4) is 0 Å². The lowest BCUT2D eigenvalue weighted by molar-refractivity contribution is 0.278. The van der Waals surface area contributed by atoms with Crippen molar-refractivity contribution in [3.63, 3.8) is 0 Å². The van der Waals surface area contributed by atoms with Crippen LogP contribution in [0, 0.1) is 11.7 Å². The van der Waals surface area contributed by atoms with Gasteiger partial charge in [0.1, 0.15) is 0 Å². The maximum absolute atomic E-state index is 13.2. The number of halogens is 2. The zero-order valence-electron chi connectivity index (χ0n) is 8.63. The highest BCUT2D eigenvalue weighted by molar-refractivity contribution is 6.29. The average molecular weight is 247 g/mol. The molecule has 0 unspecified atom stereocenters. The third-order valence-corrected chi connectivity index (χ3v) is 3.33. The summed E-state index contributed by atoms with van der Waals surface area (Å²) < 4.78 is 14.0. The maximum atomic E-state index is 13.2. The van der Waals surface area contributed by atoms with Gasteiger partial charge in [0.2, 0.25) is 5.82 Å². The van der Waals surface area contributed by atoms with Crippen molar-refractivity contribution in [1.82, 2.24) is 9.55 Å². The molecule has 1 aromatic heterocycles. The molecule has 1 N–H and O–H groups in total. The predicted molar refractivity (Wildman–Crippen MR) is 58.2 cm³/mol. The fourth-order valence-electron chi connectivity index (χ4n) is 1.82. The van der Waals surface area contributed by atoms with E-state index in [4.69, 9.17) is 11.6 Å². The van der Waals surface area contributed by atoms with Crippen molar-refractivity contribution >= 4 is 11.6 Å². The fraction of sp³-hybridized carbons (Fsp3) is 0.600. The van der Waals surface area contributed by atoms with E-state index in [2.05, 4.69) is 4.98 Å². The fourth-order valence-corrected chi connectivity index (χ4v) is 1.98. The van der Waals surface area contributed by atoms with Gasteiger partial charge in [0.25, 0.3) is 5.56 Å². The minimum atomic E-state index is -1.09. The molecule has 0 radical (unpaired) electrons. The van der Waals surface area contributed by atoms with Gasteiger partial charge >= 0.3 is 5.69 Å². The van der Waals surface area contributed by atoms with E-state index in [1.165, 1.54) is 6.42 Å². The summed E-state index contributed by atoms with van der Waals surface area (Å²) in [7, 11) is 0. The van der Waals surface area contributed by atoms with Gasteiger partial charge in [0, 0.05) is 6.54 Å². The van der Waals surface area contributed by atoms with Crippen LogP contribution >= 0.6 is 11.6 Å². The number of nitrogens with one attached hydrogen (secondary N) is 1. The lowest BCUT2D eigenvalue weighted by atomic mass is 9.83. The summed E-state index contributed by atoms with van der Waals surface area (Å²) in [5.74, 6) is -0.528. The molecule has 1 heterocycles. The van der Waals surface area contributed by atoms with Gasteiger partial charge < -0.3 is 0 Å². The SMILES string of the molecule is O=c1[nH]c(Cl)c(F)c(=O)n1CCC1CCC1. The van der Waals surface area contributed by atoms with Crippen molar-refractivity contribution in [3.05, 3.63) is 31.8 Å². The smallest absolute Gasteiger partial charge is 0.295 e. The first-order chi connectivity index (χ1) is 7.59. The number of aromatic amines is 1. The molecule has 2 rings (SSSR count). The standard InChI is InChI=1S/C10H12ClFN2O2/c11-8-7(12)9(15)14(10(16)13-8)5-4-6-2-1-3-6/h6H,1-5H2,(H,13,16). The summed E-state index contributed by atoms with van der Waals surface area (Å²) >= 11 is 5.35. The molecular weight excluding hydrogens is 235 g/mol. The number of H-pyrrole nitrogens is 1. The van der Waals surface area contributed by atoms with Gasteiger partial charge in [-0.3, -0.25) is 14.3 Å². The molecule has 0 bridgehead atoms. The first kappa shape index (κ1) is 11.4. The number of aromatic nitrogens is 2. The number of rotatable bonds is 3. The van der Waals surface area contributed by atoms with Crippen LogP contribution in [-0.4, -0.2) is 9.55 Å². The third-order valence-electron chi connectivity index (χ3n) is 3.07. The van der Waals surface area contributed by atoms with E-state index >= 15 is 0 Å². The minimum Gasteiger partial charge on any atom is -0.295 e. The second kappa shape index (κ2) is 4.41. The molecule has 6 heteroatoms. The van der Waals surface area contributed by atoms with E-state index in [0.29, 0.717) is 5.92 Å². The van der Waals surface area contributed by atoms with Crippen LogP contribution in [0.5, 0.6) is 0 Å². The topological polar surface area (TPSA) is 54.9 Å². The molecule has 4 nitrogen and oxygen atoms in total. The zero-order chi connectivity index (χ0) is 11.7. The molecule has 1 fully saturated rings. The summed E-state index contributed by atoms with van der Waals surface area (Å²) in [5.41, 5.74) is -1.58. The van der Waals surface area contributed by atoms with Crippen molar-refractivity contribution in [2.45, 2.75) is 32.2 Å². The molecule has 16 heavy (non-hydrogen) atoms. The summed E-state index contributed by atoms with van der Waals surface area (Å²) in [4.78, 5) is 24.9. The van der Waals surface area contributed by atoms with Gasteiger partial charge in [0.05, 0.1) is 0 Å².